The fourth-order valence-electron chi connectivity index (χ4n) is 0.733. The average molecular weight is 253 g/mol. The summed E-state index contributed by atoms with van der Waals surface area (Å²) in [7, 11) is 0. The van der Waals surface area contributed by atoms with E-state index in [-0.39, 0.29) is 0 Å². The Balaban J connectivity index is 3.34. The Hall–Kier alpha value is -1.00. The van der Waals surface area contributed by atoms with Gasteiger partial charge in [0.05, 0.1) is 5.56 Å². The van der Waals surface area contributed by atoms with Crippen LogP contribution in [0.15, 0.2) is 18.2 Å². The van der Waals surface area contributed by atoms with Crippen molar-refractivity contribution in [1.29, 1.82) is 5.26 Å². The molecular formula is C9H4IN. The molecule has 0 radical (unpaired) electrons. The minimum atomic E-state index is 0.563. The normalized spacial score (nSPS) is 8.27. The highest BCUT2D eigenvalue weighted by Gasteiger charge is 1.97. The molecule has 0 aromatic heterocycles. The van der Waals surface area contributed by atoms with Crippen LogP contribution < -0.4 is 0 Å². The largest absolute Gasteiger partial charge is 0.192 e. The van der Waals surface area contributed by atoms with E-state index in [0.717, 1.165) is 3.57 Å². The number of halogens is 1. The number of benzene rings is 1. The van der Waals surface area contributed by atoms with Crippen LogP contribution in [0.4, 0.5) is 0 Å². The van der Waals surface area contributed by atoms with Crippen LogP contribution in [0.1, 0.15) is 11.1 Å². The third kappa shape index (κ3) is 1.72. The summed E-state index contributed by atoms with van der Waals surface area (Å²) < 4.78 is 1.05. The molecule has 0 fully saturated rings. The molecule has 0 spiro atoms. The highest BCUT2D eigenvalue weighted by atomic mass is 127. The van der Waals surface area contributed by atoms with Crippen molar-refractivity contribution in [2.24, 2.45) is 0 Å². The molecule has 0 bridgehead atoms. The fraction of sp³-hybridized carbons (Fsp3) is 0. The summed E-state index contributed by atoms with van der Waals surface area (Å²) in [4.78, 5) is 0. The summed E-state index contributed by atoms with van der Waals surface area (Å²) >= 11 is 2.16. The van der Waals surface area contributed by atoms with E-state index in [4.69, 9.17) is 11.7 Å². The molecule has 1 aromatic carbocycles. The first-order valence-electron chi connectivity index (χ1n) is 2.94. The van der Waals surface area contributed by atoms with Crippen molar-refractivity contribution in [1.82, 2.24) is 0 Å². The molecule has 0 saturated heterocycles. The van der Waals surface area contributed by atoms with Gasteiger partial charge >= 0.3 is 0 Å². The van der Waals surface area contributed by atoms with E-state index in [1.54, 1.807) is 6.07 Å². The van der Waals surface area contributed by atoms with Crippen molar-refractivity contribution in [3.63, 3.8) is 0 Å². The van der Waals surface area contributed by atoms with Gasteiger partial charge in [-0.2, -0.15) is 5.26 Å². The minimum Gasteiger partial charge on any atom is -0.192 e. The lowest BCUT2D eigenvalue weighted by Gasteiger charge is -1.94. The van der Waals surface area contributed by atoms with Crippen molar-refractivity contribution in [3.05, 3.63) is 32.9 Å². The number of terminal acetylenes is 1. The summed E-state index contributed by atoms with van der Waals surface area (Å²) in [6.45, 7) is 0. The lowest BCUT2D eigenvalue weighted by Crippen LogP contribution is -1.83. The second-order valence-electron chi connectivity index (χ2n) is 1.95. The van der Waals surface area contributed by atoms with Gasteiger partial charge in [-0.05, 0) is 40.8 Å². The maximum absolute atomic E-state index is 8.59. The predicted octanol–water partition coefficient (Wildman–Crippen LogP) is 2.14. The van der Waals surface area contributed by atoms with E-state index >= 15 is 0 Å². The first kappa shape index (κ1) is 8.10. The molecular weight excluding hydrogens is 249 g/mol. The van der Waals surface area contributed by atoms with Gasteiger partial charge in [0.25, 0.3) is 0 Å². The summed E-state index contributed by atoms with van der Waals surface area (Å²) in [6, 6.07) is 7.44. The molecule has 1 aromatic rings. The van der Waals surface area contributed by atoms with Gasteiger partial charge in [-0.25, -0.2) is 0 Å². The zero-order chi connectivity index (χ0) is 8.27. The Bertz CT molecular complexity index is 355. The summed E-state index contributed by atoms with van der Waals surface area (Å²) in [6.07, 6.45) is 5.19. The highest BCUT2D eigenvalue weighted by molar-refractivity contribution is 14.1. The van der Waals surface area contributed by atoms with E-state index in [0.29, 0.717) is 11.1 Å². The molecule has 0 heterocycles. The van der Waals surface area contributed by atoms with Crippen molar-refractivity contribution in [2.75, 3.05) is 0 Å². The van der Waals surface area contributed by atoms with Crippen molar-refractivity contribution in [2.45, 2.75) is 0 Å². The molecule has 52 valence electrons. The van der Waals surface area contributed by atoms with Gasteiger partial charge in [-0.1, -0.05) is 5.92 Å². The Kier molecular flexibility index (Phi) is 2.51. The van der Waals surface area contributed by atoms with Crippen molar-refractivity contribution < 1.29 is 0 Å². The van der Waals surface area contributed by atoms with Gasteiger partial charge < -0.3 is 0 Å². The Morgan fingerprint density at radius 3 is 2.64 bits per heavy atom. The van der Waals surface area contributed by atoms with E-state index < -0.39 is 0 Å². The molecule has 1 nitrogen and oxygen atoms in total. The SMILES string of the molecule is C#Cc1cc(I)ccc1C#N. The van der Waals surface area contributed by atoms with Gasteiger partial charge in [0, 0.05) is 9.13 Å². The quantitative estimate of drug-likeness (QED) is 0.513. The Labute approximate surface area is 79.2 Å². The zero-order valence-electron chi connectivity index (χ0n) is 5.63. The number of nitrogens with zero attached hydrogens (tertiary/aromatic N) is 1. The molecule has 0 aliphatic rings. The summed E-state index contributed by atoms with van der Waals surface area (Å²) in [5.74, 6) is 2.46. The maximum atomic E-state index is 8.59. The van der Waals surface area contributed by atoms with E-state index in [1.165, 1.54) is 0 Å². The van der Waals surface area contributed by atoms with Crippen LogP contribution in [-0.4, -0.2) is 0 Å². The van der Waals surface area contributed by atoms with Gasteiger partial charge in [0.2, 0.25) is 0 Å². The molecule has 0 amide bonds. The van der Waals surface area contributed by atoms with Gasteiger partial charge in [0.15, 0.2) is 0 Å². The topological polar surface area (TPSA) is 23.8 Å². The fourth-order valence-corrected chi connectivity index (χ4v) is 1.22. The minimum absolute atomic E-state index is 0.563. The standard InChI is InChI=1S/C9H4IN/c1-2-7-5-9(10)4-3-8(7)6-11/h1,3-5H. The molecule has 11 heavy (non-hydrogen) atoms. The summed E-state index contributed by atoms with van der Waals surface area (Å²) in [5, 5.41) is 8.59. The molecule has 2 heteroatoms. The zero-order valence-corrected chi connectivity index (χ0v) is 7.79. The first-order chi connectivity index (χ1) is 5.27. The van der Waals surface area contributed by atoms with Gasteiger partial charge in [0.1, 0.15) is 6.07 Å². The highest BCUT2D eigenvalue weighted by Crippen LogP contribution is 2.11. The van der Waals surface area contributed by atoms with Crippen molar-refractivity contribution >= 4 is 22.6 Å². The van der Waals surface area contributed by atoms with E-state index in [9.17, 15) is 0 Å². The lowest BCUT2D eigenvalue weighted by atomic mass is 10.1. The Morgan fingerprint density at radius 1 is 1.36 bits per heavy atom. The van der Waals surface area contributed by atoms with Crippen LogP contribution in [0.2, 0.25) is 0 Å². The van der Waals surface area contributed by atoms with Crippen LogP contribution in [0.3, 0.4) is 0 Å². The molecule has 0 aliphatic heterocycles. The van der Waals surface area contributed by atoms with E-state index in [1.807, 2.05) is 18.2 Å². The number of nitriles is 1. The third-order valence-electron chi connectivity index (χ3n) is 1.26. The first-order valence-corrected chi connectivity index (χ1v) is 4.02. The van der Waals surface area contributed by atoms with Gasteiger partial charge in [-0.15, -0.1) is 6.42 Å². The predicted molar refractivity (Wildman–Crippen MR) is 51.8 cm³/mol. The smallest absolute Gasteiger partial charge is 0.100 e. The number of hydrogen-bond donors (Lipinski definition) is 0. The Morgan fingerprint density at radius 2 is 2.09 bits per heavy atom. The van der Waals surface area contributed by atoms with Crippen LogP contribution in [-0.2, 0) is 0 Å². The van der Waals surface area contributed by atoms with Crippen LogP contribution in [0.25, 0.3) is 0 Å². The molecule has 0 N–H and O–H groups in total. The molecule has 0 unspecified atom stereocenters. The molecule has 0 aliphatic carbocycles. The van der Waals surface area contributed by atoms with Crippen LogP contribution in [0.5, 0.6) is 0 Å². The molecule has 1 rings (SSSR count). The molecule has 0 saturated carbocycles. The van der Waals surface area contributed by atoms with Crippen LogP contribution in [0, 0.1) is 27.2 Å². The second-order valence-corrected chi connectivity index (χ2v) is 3.19. The second kappa shape index (κ2) is 3.41. The monoisotopic (exact) mass is 253 g/mol. The summed E-state index contributed by atoms with van der Waals surface area (Å²) in [5.41, 5.74) is 1.23. The maximum Gasteiger partial charge on any atom is 0.100 e. The van der Waals surface area contributed by atoms with E-state index in [2.05, 4.69) is 28.5 Å². The lowest BCUT2D eigenvalue weighted by molar-refractivity contribution is 1.46. The third-order valence-corrected chi connectivity index (χ3v) is 1.93. The average Bonchev–Trinajstić information content (AvgIpc) is 2.04. The van der Waals surface area contributed by atoms with Gasteiger partial charge in [-0.3, -0.25) is 0 Å². The number of rotatable bonds is 0. The van der Waals surface area contributed by atoms with Crippen molar-refractivity contribution in [3.8, 4) is 18.4 Å². The molecule has 0 atom stereocenters. The van der Waals surface area contributed by atoms with Crippen LogP contribution >= 0.6 is 22.6 Å². The number of hydrogen-bond acceptors (Lipinski definition) is 1.